The molecule has 0 saturated carbocycles. The first-order valence-electron chi connectivity index (χ1n) is 7.84. The molecule has 1 aromatic rings. The molecule has 0 bridgehead atoms. The molecule has 1 aliphatic heterocycles. The minimum Gasteiger partial charge on any atom is -0.487 e. The maximum Gasteiger partial charge on any atom is 0.225 e. The van der Waals surface area contributed by atoms with E-state index in [9.17, 15) is 4.79 Å². The number of hydrogen-bond acceptors (Lipinski definition) is 4. The van der Waals surface area contributed by atoms with E-state index in [-0.39, 0.29) is 5.91 Å². The summed E-state index contributed by atoms with van der Waals surface area (Å²) in [5, 5.41) is 2.91. The van der Waals surface area contributed by atoms with Crippen molar-refractivity contribution < 1.29 is 9.53 Å². The number of anilines is 2. The average molecular weight is 303 g/mol. The van der Waals surface area contributed by atoms with Gasteiger partial charge in [-0.1, -0.05) is 19.1 Å². The summed E-state index contributed by atoms with van der Waals surface area (Å²) >= 11 is 0. The van der Waals surface area contributed by atoms with Crippen molar-refractivity contribution in [1.29, 1.82) is 0 Å². The summed E-state index contributed by atoms with van der Waals surface area (Å²) in [7, 11) is 0. The topological polar surface area (TPSA) is 67.6 Å². The largest absolute Gasteiger partial charge is 0.487 e. The normalized spacial score (nSPS) is 15.3. The Bertz CT molecular complexity index is 511. The Morgan fingerprint density at radius 3 is 2.86 bits per heavy atom. The van der Waals surface area contributed by atoms with E-state index in [1.165, 1.54) is 19.3 Å². The number of carbonyl (C=O) groups is 1. The van der Waals surface area contributed by atoms with Crippen molar-refractivity contribution >= 4 is 17.3 Å². The summed E-state index contributed by atoms with van der Waals surface area (Å²) in [6.07, 6.45) is 5.92. The van der Waals surface area contributed by atoms with Gasteiger partial charge in [-0.3, -0.25) is 4.79 Å². The van der Waals surface area contributed by atoms with Gasteiger partial charge in [0.25, 0.3) is 0 Å². The number of amides is 1. The van der Waals surface area contributed by atoms with Gasteiger partial charge in [0.2, 0.25) is 5.91 Å². The molecule has 1 amide bonds. The Kier molecular flexibility index (Phi) is 6.27. The minimum atomic E-state index is -0.00111. The fourth-order valence-corrected chi connectivity index (χ4v) is 2.57. The zero-order valence-electron chi connectivity index (χ0n) is 13.0. The number of likely N-dealkylation sites (tertiary alicyclic amines) is 1. The lowest BCUT2D eigenvalue weighted by molar-refractivity contribution is -0.116. The molecule has 1 saturated heterocycles. The molecule has 0 atom stereocenters. The highest BCUT2D eigenvalue weighted by atomic mass is 16.5. The van der Waals surface area contributed by atoms with Crippen LogP contribution in [0.1, 0.15) is 25.7 Å². The van der Waals surface area contributed by atoms with Crippen molar-refractivity contribution in [3.05, 3.63) is 30.9 Å². The lowest BCUT2D eigenvalue weighted by atomic mass is 10.1. The summed E-state index contributed by atoms with van der Waals surface area (Å²) in [4.78, 5) is 14.5. The van der Waals surface area contributed by atoms with Gasteiger partial charge in [0.1, 0.15) is 12.4 Å². The first kappa shape index (κ1) is 16.4. The van der Waals surface area contributed by atoms with Crippen LogP contribution in [0.5, 0.6) is 5.75 Å². The highest BCUT2D eigenvalue weighted by Gasteiger charge is 2.13. The van der Waals surface area contributed by atoms with Crippen LogP contribution >= 0.6 is 0 Å². The second-order valence-corrected chi connectivity index (χ2v) is 5.56. The third kappa shape index (κ3) is 5.07. The highest BCUT2D eigenvalue weighted by Crippen LogP contribution is 2.27. The molecular weight excluding hydrogens is 278 g/mol. The molecule has 0 spiro atoms. The van der Waals surface area contributed by atoms with E-state index < -0.39 is 0 Å². The number of benzene rings is 1. The Hall–Kier alpha value is -2.01. The van der Waals surface area contributed by atoms with E-state index in [0.29, 0.717) is 30.2 Å². The van der Waals surface area contributed by atoms with Gasteiger partial charge in [-0.15, -0.1) is 0 Å². The number of hydrogen-bond donors (Lipinski definition) is 2. The Morgan fingerprint density at radius 1 is 1.36 bits per heavy atom. The number of nitrogens with two attached hydrogens (primary N) is 1. The summed E-state index contributed by atoms with van der Waals surface area (Å²) < 4.78 is 5.54. The van der Waals surface area contributed by atoms with E-state index >= 15 is 0 Å². The van der Waals surface area contributed by atoms with Crippen LogP contribution in [0.3, 0.4) is 0 Å². The summed E-state index contributed by atoms with van der Waals surface area (Å²) in [6, 6.07) is 5.23. The molecule has 1 aliphatic rings. The number of rotatable bonds is 7. The van der Waals surface area contributed by atoms with Crippen molar-refractivity contribution in [2.45, 2.75) is 25.7 Å². The zero-order chi connectivity index (χ0) is 15.8. The maximum atomic E-state index is 12.1. The first-order valence-corrected chi connectivity index (χ1v) is 7.84. The highest BCUT2D eigenvalue weighted by molar-refractivity contribution is 5.92. The van der Waals surface area contributed by atoms with Gasteiger partial charge in [-0.25, -0.2) is 0 Å². The number of nitrogens with zero attached hydrogens (tertiary/aromatic N) is 1. The fourth-order valence-electron chi connectivity index (χ4n) is 2.57. The van der Waals surface area contributed by atoms with Crippen molar-refractivity contribution in [2.24, 2.45) is 0 Å². The van der Waals surface area contributed by atoms with E-state index in [1.807, 2.05) is 0 Å². The molecule has 0 unspecified atom stereocenters. The molecule has 3 N–H and O–H groups in total. The maximum absolute atomic E-state index is 12.1. The van der Waals surface area contributed by atoms with Gasteiger partial charge in [-0.05, 0) is 38.1 Å². The molecule has 22 heavy (non-hydrogen) atoms. The number of piperidine rings is 1. The summed E-state index contributed by atoms with van der Waals surface area (Å²) in [5.41, 5.74) is 7.02. The number of nitrogen functional groups attached to an aromatic ring is 1. The lowest BCUT2D eigenvalue weighted by Gasteiger charge is -2.26. The second kappa shape index (κ2) is 8.44. The number of nitrogens with one attached hydrogen (secondary N) is 1. The van der Waals surface area contributed by atoms with Crippen LogP contribution in [0.2, 0.25) is 0 Å². The van der Waals surface area contributed by atoms with Crippen LogP contribution < -0.4 is 15.8 Å². The Balaban J connectivity index is 1.88. The molecule has 5 heteroatoms. The first-order chi connectivity index (χ1) is 10.7. The van der Waals surface area contributed by atoms with Crippen LogP contribution in [0, 0.1) is 0 Å². The predicted octanol–water partition coefficient (Wildman–Crippen LogP) is 2.65. The molecule has 1 fully saturated rings. The van der Waals surface area contributed by atoms with Gasteiger partial charge in [-0.2, -0.15) is 0 Å². The summed E-state index contributed by atoms with van der Waals surface area (Å²) in [5.74, 6) is 0.574. The van der Waals surface area contributed by atoms with Gasteiger partial charge in [0, 0.05) is 24.7 Å². The molecule has 120 valence electrons. The number of carbonyl (C=O) groups excluding carboxylic acids is 1. The van der Waals surface area contributed by atoms with Crippen molar-refractivity contribution in [3.63, 3.8) is 0 Å². The second-order valence-electron chi connectivity index (χ2n) is 5.56. The van der Waals surface area contributed by atoms with E-state index in [4.69, 9.17) is 10.5 Å². The lowest BCUT2D eigenvalue weighted by Crippen LogP contribution is -2.32. The quantitative estimate of drug-likeness (QED) is 0.600. The summed E-state index contributed by atoms with van der Waals surface area (Å²) in [6.45, 7) is 7.01. The molecular formula is C17H25N3O2. The SMILES string of the molecule is C=CCOc1cc(N)ccc1NC(=O)CCN1CCCCC1. The Morgan fingerprint density at radius 2 is 2.14 bits per heavy atom. The van der Waals surface area contributed by atoms with Crippen molar-refractivity contribution in [2.75, 3.05) is 37.3 Å². The predicted molar refractivity (Wildman–Crippen MR) is 90.1 cm³/mol. The Labute approximate surface area is 132 Å². The van der Waals surface area contributed by atoms with Gasteiger partial charge < -0.3 is 20.7 Å². The van der Waals surface area contributed by atoms with Crippen LogP contribution in [-0.2, 0) is 4.79 Å². The smallest absolute Gasteiger partial charge is 0.225 e. The van der Waals surface area contributed by atoms with Crippen LogP contribution in [0.15, 0.2) is 30.9 Å². The molecule has 2 rings (SSSR count). The molecule has 0 radical (unpaired) electrons. The molecule has 5 nitrogen and oxygen atoms in total. The number of ether oxygens (including phenoxy) is 1. The monoisotopic (exact) mass is 303 g/mol. The zero-order valence-corrected chi connectivity index (χ0v) is 13.0. The van der Waals surface area contributed by atoms with Gasteiger partial charge in [0.15, 0.2) is 0 Å². The van der Waals surface area contributed by atoms with Crippen molar-refractivity contribution in [1.82, 2.24) is 4.90 Å². The minimum absolute atomic E-state index is 0.00111. The van der Waals surface area contributed by atoms with Gasteiger partial charge in [0.05, 0.1) is 5.69 Å². The molecule has 0 aliphatic carbocycles. The van der Waals surface area contributed by atoms with Crippen LogP contribution in [0.4, 0.5) is 11.4 Å². The fraction of sp³-hybridized carbons (Fsp3) is 0.471. The van der Waals surface area contributed by atoms with Gasteiger partial charge >= 0.3 is 0 Å². The molecule has 1 aromatic carbocycles. The third-order valence-electron chi connectivity index (χ3n) is 3.74. The molecule has 0 aromatic heterocycles. The van der Waals surface area contributed by atoms with E-state index in [2.05, 4.69) is 16.8 Å². The standard InChI is InChI=1S/C17H25N3O2/c1-2-12-22-16-13-14(18)6-7-15(16)19-17(21)8-11-20-9-4-3-5-10-20/h2,6-7,13H,1,3-5,8-12,18H2,(H,19,21). The average Bonchev–Trinajstić information content (AvgIpc) is 2.54. The third-order valence-corrected chi connectivity index (χ3v) is 3.74. The van der Waals surface area contributed by atoms with Crippen LogP contribution in [-0.4, -0.2) is 37.0 Å². The van der Waals surface area contributed by atoms with E-state index in [1.54, 1.807) is 24.3 Å². The van der Waals surface area contributed by atoms with Crippen LogP contribution in [0.25, 0.3) is 0 Å². The van der Waals surface area contributed by atoms with Crippen molar-refractivity contribution in [3.8, 4) is 5.75 Å². The van der Waals surface area contributed by atoms with E-state index in [0.717, 1.165) is 19.6 Å². The molecule has 1 heterocycles.